The lowest BCUT2D eigenvalue weighted by molar-refractivity contribution is 0.0756. The SMILES string of the molecule is N#Cc1cccc(C2NC(=O)c3cc(Br)ccc3O2)c1. The van der Waals surface area contributed by atoms with Gasteiger partial charge in [0.25, 0.3) is 5.91 Å². The molecule has 1 heterocycles. The Balaban J connectivity index is 1.97. The number of amides is 1. The highest BCUT2D eigenvalue weighted by atomic mass is 79.9. The number of carbonyl (C=O) groups is 1. The van der Waals surface area contributed by atoms with Crippen molar-refractivity contribution >= 4 is 21.8 Å². The molecule has 20 heavy (non-hydrogen) atoms. The second kappa shape index (κ2) is 4.99. The Morgan fingerprint density at radius 3 is 2.90 bits per heavy atom. The highest BCUT2D eigenvalue weighted by Gasteiger charge is 2.26. The molecule has 3 rings (SSSR count). The zero-order chi connectivity index (χ0) is 14.1. The second-order valence-electron chi connectivity index (χ2n) is 4.35. The highest BCUT2D eigenvalue weighted by molar-refractivity contribution is 9.10. The van der Waals surface area contributed by atoms with E-state index in [9.17, 15) is 4.79 Å². The van der Waals surface area contributed by atoms with E-state index in [1.165, 1.54) is 0 Å². The maximum Gasteiger partial charge on any atom is 0.258 e. The first-order valence-corrected chi connectivity index (χ1v) is 6.74. The van der Waals surface area contributed by atoms with E-state index in [2.05, 4.69) is 27.3 Å². The van der Waals surface area contributed by atoms with Crippen molar-refractivity contribution < 1.29 is 9.53 Å². The van der Waals surface area contributed by atoms with Gasteiger partial charge < -0.3 is 10.1 Å². The molecule has 2 aromatic carbocycles. The average Bonchev–Trinajstić information content (AvgIpc) is 2.48. The molecular weight excluding hydrogens is 320 g/mol. The van der Waals surface area contributed by atoms with Gasteiger partial charge in [0.05, 0.1) is 17.2 Å². The molecule has 4 nitrogen and oxygen atoms in total. The predicted molar refractivity (Wildman–Crippen MR) is 76.1 cm³/mol. The number of benzene rings is 2. The van der Waals surface area contributed by atoms with Gasteiger partial charge in [0.2, 0.25) is 0 Å². The third-order valence-corrected chi connectivity index (χ3v) is 3.50. The summed E-state index contributed by atoms with van der Waals surface area (Å²) in [7, 11) is 0. The number of fused-ring (bicyclic) bond motifs is 1. The summed E-state index contributed by atoms with van der Waals surface area (Å²) in [6.07, 6.45) is -0.579. The molecule has 1 amide bonds. The number of nitrogens with one attached hydrogen (secondary N) is 1. The minimum Gasteiger partial charge on any atom is -0.466 e. The molecule has 0 aliphatic carbocycles. The number of rotatable bonds is 1. The van der Waals surface area contributed by atoms with Crippen LogP contribution in [0.2, 0.25) is 0 Å². The Kier molecular flexibility index (Phi) is 3.17. The molecule has 0 radical (unpaired) electrons. The van der Waals surface area contributed by atoms with E-state index < -0.39 is 6.23 Å². The van der Waals surface area contributed by atoms with E-state index in [4.69, 9.17) is 10.00 Å². The number of hydrogen-bond acceptors (Lipinski definition) is 3. The van der Waals surface area contributed by atoms with Crippen molar-refractivity contribution in [3.63, 3.8) is 0 Å². The van der Waals surface area contributed by atoms with Crippen LogP contribution >= 0.6 is 15.9 Å². The largest absolute Gasteiger partial charge is 0.466 e. The molecule has 1 aliphatic heterocycles. The Labute approximate surface area is 124 Å². The van der Waals surface area contributed by atoms with Crippen LogP contribution in [0.25, 0.3) is 0 Å². The van der Waals surface area contributed by atoms with Crippen molar-refractivity contribution in [3.8, 4) is 11.8 Å². The number of nitrogens with zero attached hydrogens (tertiary/aromatic N) is 1. The summed E-state index contributed by atoms with van der Waals surface area (Å²) < 4.78 is 6.60. The Bertz CT molecular complexity index is 737. The normalized spacial score (nSPS) is 16.6. The molecular formula is C15H9BrN2O2. The van der Waals surface area contributed by atoms with Crippen LogP contribution in [0, 0.1) is 11.3 Å². The quantitative estimate of drug-likeness (QED) is 0.874. The Morgan fingerprint density at radius 1 is 1.25 bits per heavy atom. The van der Waals surface area contributed by atoms with E-state index in [0.717, 1.165) is 10.0 Å². The van der Waals surface area contributed by atoms with Gasteiger partial charge in [-0.25, -0.2) is 0 Å². The first-order valence-electron chi connectivity index (χ1n) is 5.94. The fourth-order valence-corrected chi connectivity index (χ4v) is 2.42. The molecule has 0 saturated heterocycles. The molecule has 0 bridgehead atoms. The van der Waals surface area contributed by atoms with Gasteiger partial charge in [0.1, 0.15) is 5.75 Å². The molecule has 0 fully saturated rings. The lowest BCUT2D eigenvalue weighted by Gasteiger charge is -2.27. The lowest BCUT2D eigenvalue weighted by atomic mass is 10.1. The molecule has 1 unspecified atom stereocenters. The van der Waals surface area contributed by atoms with Crippen molar-refractivity contribution in [1.82, 2.24) is 5.32 Å². The summed E-state index contributed by atoms with van der Waals surface area (Å²) in [6, 6.07) is 14.3. The van der Waals surface area contributed by atoms with E-state index >= 15 is 0 Å². The van der Waals surface area contributed by atoms with Crippen LogP contribution in [-0.2, 0) is 0 Å². The van der Waals surface area contributed by atoms with E-state index in [0.29, 0.717) is 16.9 Å². The topological polar surface area (TPSA) is 62.1 Å². The number of carbonyl (C=O) groups excluding carboxylic acids is 1. The third kappa shape index (κ3) is 2.26. The van der Waals surface area contributed by atoms with Crippen LogP contribution in [0.1, 0.15) is 27.7 Å². The van der Waals surface area contributed by atoms with Gasteiger partial charge in [0, 0.05) is 10.0 Å². The molecule has 1 atom stereocenters. The van der Waals surface area contributed by atoms with Gasteiger partial charge in [-0.15, -0.1) is 0 Å². The van der Waals surface area contributed by atoms with E-state index in [-0.39, 0.29) is 5.91 Å². The van der Waals surface area contributed by atoms with Crippen LogP contribution in [0.4, 0.5) is 0 Å². The molecule has 1 N–H and O–H groups in total. The first-order chi connectivity index (χ1) is 9.67. The van der Waals surface area contributed by atoms with Gasteiger partial charge in [-0.3, -0.25) is 4.79 Å². The molecule has 5 heteroatoms. The summed E-state index contributed by atoms with van der Waals surface area (Å²) >= 11 is 3.33. The molecule has 98 valence electrons. The van der Waals surface area contributed by atoms with Gasteiger partial charge in [-0.05, 0) is 30.3 Å². The fraction of sp³-hybridized carbons (Fsp3) is 0.0667. The number of ether oxygens (including phenoxy) is 1. The average molecular weight is 329 g/mol. The van der Waals surface area contributed by atoms with Crippen LogP contribution in [0.3, 0.4) is 0 Å². The van der Waals surface area contributed by atoms with E-state index in [1.54, 1.807) is 30.3 Å². The van der Waals surface area contributed by atoms with Gasteiger partial charge in [-0.1, -0.05) is 28.1 Å². The van der Waals surface area contributed by atoms with Crippen molar-refractivity contribution in [2.24, 2.45) is 0 Å². The van der Waals surface area contributed by atoms with Crippen LogP contribution in [-0.4, -0.2) is 5.91 Å². The molecule has 0 saturated carbocycles. The van der Waals surface area contributed by atoms with Crippen molar-refractivity contribution in [1.29, 1.82) is 5.26 Å². The minimum atomic E-state index is -0.579. The number of hydrogen-bond donors (Lipinski definition) is 1. The third-order valence-electron chi connectivity index (χ3n) is 3.01. The van der Waals surface area contributed by atoms with Crippen LogP contribution < -0.4 is 10.1 Å². The first kappa shape index (κ1) is 12.7. The predicted octanol–water partition coefficient (Wildman–Crippen LogP) is 3.14. The Morgan fingerprint density at radius 2 is 2.10 bits per heavy atom. The van der Waals surface area contributed by atoms with Crippen LogP contribution in [0.5, 0.6) is 5.75 Å². The van der Waals surface area contributed by atoms with Gasteiger partial charge >= 0.3 is 0 Å². The lowest BCUT2D eigenvalue weighted by Crippen LogP contribution is -2.36. The smallest absolute Gasteiger partial charge is 0.258 e. The number of nitriles is 1. The van der Waals surface area contributed by atoms with Crippen molar-refractivity contribution in [2.45, 2.75) is 6.23 Å². The van der Waals surface area contributed by atoms with Crippen LogP contribution in [0.15, 0.2) is 46.9 Å². The summed E-state index contributed by atoms with van der Waals surface area (Å²) in [5.74, 6) is 0.337. The van der Waals surface area contributed by atoms with Gasteiger partial charge in [0.15, 0.2) is 6.23 Å². The fourth-order valence-electron chi connectivity index (χ4n) is 2.06. The molecule has 2 aromatic rings. The maximum atomic E-state index is 12.1. The summed E-state index contributed by atoms with van der Waals surface area (Å²) in [4.78, 5) is 12.1. The number of halogens is 1. The highest BCUT2D eigenvalue weighted by Crippen LogP contribution is 2.31. The van der Waals surface area contributed by atoms with Crippen molar-refractivity contribution in [2.75, 3.05) is 0 Å². The monoisotopic (exact) mass is 328 g/mol. The summed E-state index contributed by atoms with van der Waals surface area (Å²) in [6.45, 7) is 0. The minimum absolute atomic E-state index is 0.195. The van der Waals surface area contributed by atoms with Crippen molar-refractivity contribution in [3.05, 3.63) is 63.6 Å². The molecule has 1 aliphatic rings. The van der Waals surface area contributed by atoms with E-state index in [1.807, 2.05) is 12.1 Å². The zero-order valence-corrected chi connectivity index (χ0v) is 11.8. The molecule has 0 spiro atoms. The molecule has 0 aromatic heterocycles. The summed E-state index contributed by atoms with van der Waals surface area (Å²) in [5.41, 5.74) is 1.76. The standard InChI is InChI=1S/C15H9BrN2O2/c16-11-4-5-13-12(7-11)14(19)18-15(20-13)10-3-1-2-9(6-10)8-17/h1-7,15H,(H,18,19). The maximum absolute atomic E-state index is 12.1. The summed E-state index contributed by atoms with van der Waals surface area (Å²) in [5, 5.41) is 11.7. The second-order valence-corrected chi connectivity index (χ2v) is 5.26. The van der Waals surface area contributed by atoms with Gasteiger partial charge in [-0.2, -0.15) is 5.26 Å². The Hall–Kier alpha value is -2.32. The zero-order valence-electron chi connectivity index (χ0n) is 10.3.